The molecule has 0 aliphatic rings. The quantitative estimate of drug-likeness (QED) is 0.582. The van der Waals surface area contributed by atoms with E-state index in [1.54, 1.807) is 6.08 Å². The lowest BCUT2D eigenvalue weighted by Gasteiger charge is -2.16. The first-order chi connectivity index (χ1) is 12.0. The van der Waals surface area contributed by atoms with E-state index in [2.05, 4.69) is 5.32 Å². The van der Waals surface area contributed by atoms with Crippen molar-refractivity contribution in [1.82, 2.24) is 5.32 Å². The molecule has 1 heterocycles. The second kappa shape index (κ2) is 9.54. The van der Waals surface area contributed by atoms with Crippen molar-refractivity contribution in [3.8, 4) is 0 Å². The fraction of sp³-hybridized carbons (Fsp3) is 0.211. The number of hydrogen-bond donors (Lipinski definition) is 1. The van der Waals surface area contributed by atoms with Gasteiger partial charge in [-0.3, -0.25) is 9.59 Å². The molecule has 0 aliphatic heterocycles. The van der Waals surface area contributed by atoms with Gasteiger partial charge in [-0.05, 0) is 47.4 Å². The number of thiophene rings is 1. The summed E-state index contributed by atoms with van der Waals surface area (Å²) in [4.78, 5) is 35.2. The standard InChI is InChI=1S/C19H19NO4S/c1-14(21)17(11-15-5-3-2-4-6-15)20-18(22)12-24-19(23)8-7-16-9-10-25-13-16/h2-10,13,17H,11-12H2,1H3,(H,20,22)/b8-7+/t17-/m1/s1. The number of benzene rings is 1. The Bertz CT molecular complexity index is 738. The molecule has 5 nitrogen and oxygen atoms in total. The molecule has 0 fully saturated rings. The molecule has 1 aromatic carbocycles. The SMILES string of the molecule is CC(=O)[C@@H](Cc1ccccc1)NC(=O)COC(=O)/C=C/c1ccsc1. The fourth-order valence-corrected chi connectivity index (χ4v) is 2.73. The molecule has 0 spiro atoms. The number of hydrogen-bond acceptors (Lipinski definition) is 5. The van der Waals surface area contributed by atoms with Crippen LogP contribution in [0.4, 0.5) is 0 Å². The monoisotopic (exact) mass is 357 g/mol. The molecule has 130 valence electrons. The summed E-state index contributed by atoms with van der Waals surface area (Å²) in [6, 6.07) is 10.6. The van der Waals surface area contributed by atoms with E-state index in [0.717, 1.165) is 11.1 Å². The predicted molar refractivity (Wildman–Crippen MR) is 97.1 cm³/mol. The van der Waals surface area contributed by atoms with E-state index >= 15 is 0 Å². The van der Waals surface area contributed by atoms with Crippen LogP contribution in [-0.2, 0) is 25.5 Å². The highest BCUT2D eigenvalue weighted by Crippen LogP contribution is 2.07. The Balaban J connectivity index is 1.80. The zero-order valence-electron chi connectivity index (χ0n) is 13.8. The molecule has 1 amide bonds. The molecule has 0 bridgehead atoms. The summed E-state index contributed by atoms with van der Waals surface area (Å²) in [5.41, 5.74) is 1.84. The van der Waals surface area contributed by atoms with Crippen molar-refractivity contribution in [3.63, 3.8) is 0 Å². The molecule has 25 heavy (non-hydrogen) atoms. The van der Waals surface area contributed by atoms with E-state index in [-0.39, 0.29) is 5.78 Å². The van der Waals surface area contributed by atoms with Gasteiger partial charge in [-0.1, -0.05) is 30.3 Å². The van der Waals surface area contributed by atoms with Crippen LogP contribution >= 0.6 is 11.3 Å². The van der Waals surface area contributed by atoms with Crippen molar-refractivity contribution >= 4 is 35.1 Å². The van der Waals surface area contributed by atoms with Gasteiger partial charge < -0.3 is 10.1 Å². The van der Waals surface area contributed by atoms with Crippen molar-refractivity contribution in [1.29, 1.82) is 0 Å². The third kappa shape index (κ3) is 6.73. The smallest absolute Gasteiger partial charge is 0.331 e. The van der Waals surface area contributed by atoms with E-state index in [9.17, 15) is 14.4 Å². The summed E-state index contributed by atoms with van der Waals surface area (Å²) in [7, 11) is 0. The molecule has 0 aliphatic carbocycles. The maximum absolute atomic E-state index is 11.9. The Hall–Kier alpha value is -2.73. The lowest BCUT2D eigenvalue weighted by molar-refractivity contribution is -0.144. The lowest BCUT2D eigenvalue weighted by atomic mass is 10.0. The number of carbonyl (C=O) groups is 3. The summed E-state index contributed by atoms with van der Waals surface area (Å²) >= 11 is 1.52. The third-order valence-corrected chi connectivity index (χ3v) is 4.11. The number of esters is 1. The maximum atomic E-state index is 11.9. The van der Waals surface area contributed by atoms with Crippen molar-refractivity contribution in [3.05, 3.63) is 64.4 Å². The highest BCUT2D eigenvalue weighted by Gasteiger charge is 2.18. The van der Waals surface area contributed by atoms with Crippen LogP contribution in [0.2, 0.25) is 0 Å². The molecule has 0 unspecified atom stereocenters. The highest BCUT2D eigenvalue weighted by molar-refractivity contribution is 7.08. The molecular weight excluding hydrogens is 338 g/mol. The Morgan fingerprint density at radius 3 is 2.60 bits per heavy atom. The Morgan fingerprint density at radius 1 is 1.20 bits per heavy atom. The van der Waals surface area contributed by atoms with Crippen LogP contribution in [0.25, 0.3) is 6.08 Å². The van der Waals surface area contributed by atoms with Crippen LogP contribution < -0.4 is 5.32 Å². The topological polar surface area (TPSA) is 72.5 Å². The van der Waals surface area contributed by atoms with Crippen LogP contribution in [-0.4, -0.2) is 30.3 Å². The summed E-state index contributed by atoms with van der Waals surface area (Å²) in [5.74, 6) is -1.27. The number of amides is 1. The van der Waals surface area contributed by atoms with Crippen molar-refractivity contribution in [2.45, 2.75) is 19.4 Å². The van der Waals surface area contributed by atoms with Gasteiger partial charge in [-0.2, -0.15) is 11.3 Å². The van der Waals surface area contributed by atoms with Crippen molar-refractivity contribution < 1.29 is 19.1 Å². The van der Waals surface area contributed by atoms with E-state index < -0.39 is 24.5 Å². The van der Waals surface area contributed by atoms with Crippen LogP contribution in [0.3, 0.4) is 0 Å². The molecule has 0 saturated heterocycles. The first-order valence-electron chi connectivity index (χ1n) is 7.75. The van der Waals surface area contributed by atoms with E-state index in [4.69, 9.17) is 4.74 Å². The van der Waals surface area contributed by atoms with Gasteiger partial charge in [0.15, 0.2) is 12.4 Å². The number of rotatable bonds is 8. The zero-order valence-corrected chi connectivity index (χ0v) is 14.6. The van der Waals surface area contributed by atoms with Gasteiger partial charge in [0.05, 0.1) is 6.04 Å². The Kier molecular flexibility index (Phi) is 7.10. The van der Waals surface area contributed by atoms with Crippen LogP contribution in [0.15, 0.2) is 53.2 Å². The Labute approximate surface area is 150 Å². The largest absolute Gasteiger partial charge is 0.452 e. The van der Waals surface area contributed by atoms with Crippen molar-refractivity contribution in [2.75, 3.05) is 6.61 Å². The lowest BCUT2D eigenvalue weighted by Crippen LogP contribution is -2.43. The molecule has 1 N–H and O–H groups in total. The average molecular weight is 357 g/mol. The minimum Gasteiger partial charge on any atom is -0.452 e. The summed E-state index contributed by atoms with van der Waals surface area (Å²) in [6.07, 6.45) is 3.28. The number of ketones is 1. The number of Topliss-reactive ketones (excluding diaryl/α,β-unsaturated/α-hetero) is 1. The van der Waals surface area contributed by atoms with Gasteiger partial charge in [0.2, 0.25) is 0 Å². The molecule has 2 rings (SSSR count). The van der Waals surface area contributed by atoms with Crippen LogP contribution in [0.1, 0.15) is 18.1 Å². The third-order valence-electron chi connectivity index (χ3n) is 3.41. The average Bonchev–Trinajstić information content (AvgIpc) is 3.12. The fourth-order valence-electron chi connectivity index (χ4n) is 2.10. The van der Waals surface area contributed by atoms with Gasteiger partial charge in [0.25, 0.3) is 5.91 Å². The summed E-state index contributed by atoms with van der Waals surface area (Å²) in [5, 5.41) is 6.38. The second-order valence-corrected chi connectivity index (χ2v) is 6.20. The number of nitrogens with one attached hydrogen (secondary N) is 1. The molecule has 1 aromatic heterocycles. The molecular formula is C19H19NO4S. The van der Waals surface area contributed by atoms with Crippen LogP contribution in [0, 0.1) is 0 Å². The second-order valence-electron chi connectivity index (χ2n) is 5.42. The first-order valence-corrected chi connectivity index (χ1v) is 8.69. The predicted octanol–water partition coefficient (Wildman–Crippen LogP) is 2.62. The first kappa shape index (κ1) is 18.6. The summed E-state index contributed by atoms with van der Waals surface area (Å²) in [6.45, 7) is 0.995. The summed E-state index contributed by atoms with van der Waals surface area (Å²) < 4.78 is 4.89. The molecule has 2 aromatic rings. The molecule has 1 atom stereocenters. The van der Waals surface area contributed by atoms with Gasteiger partial charge >= 0.3 is 5.97 Å². The molecule has 0 saturated carbocycles. The van der Waals surface area contributed by atoms with Crippen molar-refractivity contribution in [2.24, 2.45) is 0 Å². The van der Waals surface area contributed by atoms with Crippen LogP contribution in [0.5, 0.6) is 0 Å². The van der Waals surface area contributed by atoms with E-state index in [1.807, 2.05) is 47.2 Å². The Morgan fingerprint density at radius 2 is 1.96 bits per heavy atom. The van der Waals surface area contributed by atoms with E-state index in [0.29, 0.717) is 6.42 Å². The number of ether oxygens (including phenoxy) is 1. The molecule has 0 radical (unpaired) electrons. The minimum absolute atomic E-state index is 0.152. The van der Waals surface area contributed by atoms with Gasteiger partial charge in [0, 0.05) is 6.08 Å². The van der Waals surface area contributed by atoms with Gasteiger partial charge in [0.1, 0.15) is 0 Å². The van der Waals surface area contributed by atoms with Gasteiger partial charge in [-0.15, -0.1) is 0 Å². The molecule has 6 heteroatoms. The van der Waals surface area contributed by atoms with Gasteiger partial charge in [-0.25, -0.2) is 4.79 Å². The highest BCUT2D eigenvalue weighted by atomic mass is 32.1. The zero-order chi connectivity index (χ0) is 18.1. The number of carbonyl (C=O) groups excluding carboxylic acids is 3. The normalized spacial score (nSPS) is 11.9. The van der Waals surface area contributed by atoms with E-state index in [1.165, 1.54) is 24.3 Å². The minimum atomic E-state index is -0.644. The maximum Gasteiger partial charge on any atom is 0.331 e.